The zero-order chi connectivity index (χ0) is 12.1. The molecule has 1 aromatic carbocycles. The zero-order valence-electron chi connectivity index (χ0n) is 9.23. The molecule has 1 aromatic rings. The Balaban J connectivity index is 2.64. The number of aryl methyl sites for hydroxylation is 1. The number of nitrogens with one attached hydrogen (secondary N) is 2. The fraction of sp³-hybridized carbons (Fsp3) is 0.364. The summed E-state index contributed by atoms with van der Waals surface area (Å²) >= 11 is 6.98. The first-order valence-corrected chi connectivity index (χ1v) is 6.53. The Morgan fingerprint density at radius 2 is 1.88 bits per heavy atom. The highest BCUT2D eigenvalue weighted by atomic mass is 79.9. The second kappa shape index (κ2) is 6.25. The second-order valence-corrected chi connectivity index (χ2v) is 5.16. The van der Waals surface area contributed by atoms with Crippen molar-refractivity contribution in [1.82, 2.24) is 5.32 Å². The van der Waals surface area contributed by atoms with Crippen molar-refractivity contribution in [2.45, 2.75) is 13.3 Å². The van der Waals surface area contributed by atoms with E-state index < -0.39 is 0 Å². The third kappa shape index (κ3) is 3.79. The van der Waals surface area contributed by atoms with Gasteiger partial charge in [0.15, 0.2) is 0 Å². The van der Waals surface area contributed by atoms with Crippen molar-refractivity contribution < 1.29 is 4.79 Å². The van der Waals surface area contributed by atoms with Crippen molar-refractivity contribution in [3.63, 3.8) is 0 Å². The maximum Gasteiger partial charge on any atom is 0.221 e. The molecule has 0 saturated carbocycles. The molecule has 3 nitrogen and oxygen atoms in total. The summed E-state index contributed by atoms with van der Waals surface area (Å²) in [5, 5.41) is 5.81. The first-order valence-electron chi connectivity index (χ1n) is 4.94. The van der Waals surface area contributed by atoms with Crippen LogP contribution in [0.5, 0.6) is 0 Å². The Morgan fingerprint density at radius 1 is 1.31 bits per heavy atom. The van der Waals surface area contributed by atoms with Gasteiger partial charge in [-0.05, 0) is 56.5 Å². The highest BCUT2D eigenvalue weighted by Gasteiger charge is 2.06. The summed E-state index contributed by atoms with van der Waals surface area (Å²) in [4.78, 5) is 11.1. The number of hydrogen-bond donors (Lipinski definition) is 2. The van der Waals surface area contributed by atoms with E-state index in [0.717, 1.165) is 14.6 Å². The van der Waals surface area contributed by atoms with Gasteiger partial charge in [-0.3, -0.25) is 4.79 Å². The minimum atomic E-state index is 0.0341. The third-order valence-corrected chi connectivity index (χ3v) is 3.37. The van der Waals surface area contributed by atoms with Gasteiger partial charge in [-0.2, -0.15) is 0 Å². The minimum Gasteiger partial charge on any atom is -0.383 e. The Morgan fingerprint density at radius 3 is 2.38 bits per heavy atom. The lowest BCUT2D eigenvalue weighted by Gasteiger charge is -2.11. The van der Waals surface area contributed by atoms with Gasteiger partial charge in [0.2, 0.25) is 5.91 Å². The SMILES string of the molecule is CNC(=O)CCNc1c(Br)cc(C)cc1Br. The van der Waals surface area contributed by atoms with E-state index in [0.29, 0.717) is 13.0 Å². The predicted octanol–water partition coefficient (Wildman–Crippen LogP) is 3.07. The molecule has 0 radical (unpaired) electrons. The van der Waals surface area contributed by atoms with Crippen LogP contribution in [0.2, 0.25) is 0 Å². The fourth-order valence-electron chi connectivity index (χ4n) is 1.29. The number of hydrogen-bond acceptors (Lipinski definition) is 2. The van der Waals surface area contributed by atoms with Crippen LogP contribution in [-0.4, -0.2) is 19.5 Å². The molecule has 0 aromatic heterocycles. The van der Waals surface area contributed by atoms with E-state index in [9.17, 15) is 4.79 Å². The molecule has 0 atom stereocenters. The Kier molecular flexibility index (Phi) is 5.28. The average Bonchev–Trinajstić information content (AvgIpc) is 2.21. The summed E-state index contributed by atoms with van der Waals surface area (Å²) in [6.07, 6.45) is 0.462. The van der Waals surface area contributed by atoms with E-state index in [1.807, 2.05) is 19.1 Å². The summed E-state index contributed by atoms with van der Waals surface area (Å²) in [5.41, 5.74) is 2.16. The molecule has 0 aliphatic carbocycles. The van der Waals surface area contributed by atoms with E-state index in [-0.39, 0.29) is 5.91 Å². The predicted molar refractivity (Wildman–Crippen MR) is 73.8 cm³/mol. The molecule has 16 heavy (non-hydrogen) atoms. The van der Waals surface area contributed by atoms with E-state index in [1.165, 1.54) is 5.56 Å². The Bertz CT molecular complexity index is 371. The van der Waals surface area contributed by atoms with Crippen molar-refractivity contribution in [2.75, 3.05) is 18.9 Å². The highest BCUT2D eigenvalue weighted by molar-refractivity contribution is 9.11. The van der Waals surface area contributed by atoms with Crippen molar-refractivity contribution in [3.8, 4) is 0 Å². The van der Waals surface area contributed by atoms with Crippen molar-refractivity contribution in [3.05, 3.63) is 26.6 Å². The van der Waals surface area contributed by atoms with E-state index in [4.69, 9.17) is 0 Å². The van der Waals surface area contributed by atoms with E-state index in [2.05, 4.69) is 42.5 Å². The lowest BCUT2D eigenvalue weighted by molar-refractivity contribution is -0.120. The zero-order valence-corrected chi connectivity index (χ0v) is 12.4. The van der Waals surface area contributed by atoms with E-state index in [1.54, 1.807) is 7.05 Å². The summed E-state index contributed by atoms with van der Waals surface area (Å²) in [6.45, 7) is 2.64. The molecule has 0 unspecified atom stereocenters. The molecule has 1 rings (SSSR count). The molecule has 5 heteroatoms. The van der Waals surface area contributed by atoms with Gasteiger partial charge in [0.1, 0.15) is 0 Å². The Labute approximate surface area is 112 Å². The number of rotatable bonds is 4. The second-order valence-electron chi connectivity index (χ2n) is 3.45. The summed E-state index contributed by atoms with van der Waals surface area (Å²) in [6, 6.07) is 4.07. The van der Waals surface area contributed by atoms with Crippen molar-refractivity contribution in [1.29, 1.82) is 0 Å². The van der Waals surface area contributed by atoms with Crippen LogP contribution in [0, 0.1) is 6.92 Å². The fourth-order valence-corrected chi connectivity index (χ4v) is 2.99. The molecule has 0 fully saturated rings. The quantitative estimate of drug-likeness (QED) is 0.877. The lowest BCUT2D eigenvalue weighted by atomic mass is 10.2. The Hall–Kier alpha value is -0.550. The molecule has 0 saturated heterocycles. The smallest absolute Gasteiger partial charge is 0.221 e. The first-order chi connectivity index (χ1) is 7.54. The van der Waals surface area contributed by atoms with Crippen LogP contribution < -0.4 is 10.6 Å². The molecule has 0 aliphatic heterocycles. The molecule has 0 spiro atoms. The van der Waals surface area contributed by atoms with Gasteiger partial charge in [-0.25, -0.2) is 0 Å². The molecule has 0 bridgehead atoms. The number of halogens is 2. The van der Waals surface area contributed by atoms with Gasteiger partial charge in [-0.15, -0.1) is 0 Å². The summed E-state index contributed by atoms with van der Waals surface area (Å²) in [7, 11) is 1.64. The van der Waals surface area contributed by atoms with Crippen LogP contribution in [0.1, 0.15) is 12.0 Å². The standard InChI is InChI=1S/C11H14Br2N2O/c1-7-5-8(12)11(9(13)6-7)15-4-3-10(16)14-2/h5-6,15H,3-4H2,1-2H3,(H,14,16). The van der Waals surface area contributed by atoms with Gasteiger partial charge in [0.05, 0.1) is 5.69 Å². The molecule has 2 N–H and O–H groups in total. The summed E-state index contributed by atoms with van der Waals surface area (Å²) < 4.78 is 1.99. The summed E-state index contributed by atoms with van der Waals surface area (Å²) in [5.74, 6) is 0.0341. The van der Waals surface area contributed by atoms with Crippen molar-refractivity contribution in [2.24, 2.45) is 0 Å². The maximum absolute atomic E-state index is 11.1. The molecular formula is C11H14Br2N2O. The van der Waals surface area contributed by atoms with Crippen LogP contribution in [0.25, 0.3) is 0 Å². The molecule has 0 heterocycles. The van der Waals surface area contributed by atoms with Gasteiger partial charge in [0.25, 0.3) is 0 Å². The van der Waals surface area contributed by atoms with Crippen molar-refractivity contribution >= 4 is 43.5 Å². The highest BCUT2D eigenvalue weighted by Crippen LogP contribution is 2.32. The topological polar surface area (TPSA) is 41.1 Å². The number of carbonyl (C=O) groups excluding carboxylic acids is 1. The monoisotopic (exact) mass is 348 g/mol. The minimum absolute atomic E-state index is 0.0341. The molecular weight excluding hydrogens is 336 g/mol. The molecule has 0 aliphatic rings. The van der Waals surface area contributed by atoms with Gasteiger partial charge < -0.3 is 10.6 Å². The largest absolute Gasteiger partial charge is 0.383 e. The maximum atomic E-state index is 11.1. The number of benzene rings is 1. The molecule has 88 valence electrons. The van der Waals surface area contributed by atoms with Crippen LogP contribution in [0.3, 0.4) is 0 Å². The van der Waals surface area contributed by atoms with Crippen LogP contribution >= 0.6 is 31.9 Å². The molecule has 1 amide bonds. The average molecular weight is 350 g/mol. The number of amides is 1. The van der Waals surface area contributed by atoms with Crippen LogP contribution in [0.4, 0.5) is 5.69 Å². The third-order valence-electron chi connectivity index (χ3n) is 2.12. The lowest BCUT2D eigenvalue weighted by Crippen LogP contribution is -2.20. The van der Waals surface area contributed by atoms with Crippen LogP contribution in [0.15, 0.2) is 21.1 Å². The normalized spacial score (nSPS) is 10.0. The van der Waals surface area contributed by atoms with Gasteiger partial charge >= 0.3 is 0 Å². The van der Waals surface area contributed by atoms with Gasteiger partial charge in [-0.1, -0.05) is 0 Å². The number of carbonyl (C=O) groups is 1. The van der Waals surface area contributed by atoms with Crippen LogP contribution in [-0.2, 0) is 4.79 Å². The first kappa shape index (κ1) is 13.5. The number of anilines is 1. The van der Waals surface area contributed by atoms with Gasteiger partial charge in [0, 0.05) is 29.0 Å². The van der Waals surface area contributed by atoms with E-state index >= 15 is 0 Å².